The predicted molar refractivity (Wildman–Crippen MR) is 71.3 cm³/mol. The van der Waals surface area contributed by atoms with E-state index >= 15 is 0 Å². The van der Waals surface area contributed by atoms with Gasteiger partial charge in [0.1, 0.15) is 5.82 Å². The first kappa shape index (κ1) is 13.5. The number of nitrogens with one attached hydrogen (secondary N) is 3. The highest BCUT2D eigenvalue weighted by atomic mass is 19.1. The van der Waals surface area contributed by atoms with Crippen LogP contribution in [-0.4, -0.2) is 11.7 Å². The van der Waals surface area contributed by atoms with Crippen molar-refractivity contribution in [1.29, 1.82) is 0 Å². The van der Waals surface area contributed by atoms with E-state index in [4.69, 9.17) is 0 Å². The molecule has 0 saturated carbocycles. The first-order valence-electron chi connectivity index (χ1n) is 6.41. The number of rotatable bonds is 2. The van der Waals surface area contributed by atoms with Gasteiger partial charge in [-0.25, -0.2) is 15.2 Å². The minimum absolute atomic E-state index is 0.0608. The Labute approximate surface area is 108 Å². The first-order chi connectivity index (χ1) is 8.37. The van der Waals surface area contributed by atoms with Gasteiger partial charge in [0.05, 0.1) is 12.2 Å². The number of benzene rings is 1. The molecule has 0 spiro atoms. The van der Waals surface area contributed by atoms with E-state index in [1.54, 1.807) is 0 Å². The minimum Gasteiger partial charge on any atom is -0.296 e. The Hall–Kier alpha value is -0.970. The Bertz CT molecular complexity index is 396. The van der Waals surface area contributed by atoms with Gasteiger partial charge in [0, 0.05) is 11.5 Å². The van der Waals surface area contributed by atoms with Crippen LogP contribution in [0.4, 0.5) is 4.39 Å². The molecule has 0 radical (unpaired) electrons. The van der Waals surface area contributed by atoms with Crippen LogP contribution in [0.5, 0.6) is 0 Å². The van der Waals surface area contributed by atoms with Crippen LogP contribution in [-0.2, 0) is 0 Å². The molecule has 1 aliphatic rings. The van der Waals surface area contributed by atoms with Crippen LogP contribution in [0.1, 0.15) is 39.3 Å². The second-order valence-electron chi connectivity index (χ2n) is 6.05. The van der Waals surface area contributed by atoms with Gasteiger partial charge >= 0.3 is 0 Å². The van der Waals surface area contributed by atoms with Crippen molar-refractivity contribution in [1.82, 2.24) is 16.2 Å². The smallest absolute Gasteiger partial charge is 0.123 e. The fraction of sp³-hybridized carbons (Fsp3) is 0.571. The van der Waals surface area contributed by atoms with Crippen molar-refractivity contribution in [3.8, 4) is 0 Å². The van der Waals surface area contributed by atoms with Crippen LogP contribution in [0.3, 0.4) is 0 Å². The molecule has 0 aliphatic carbocycles. The van der Waals surface area contributed by atoms with Gasteiger partial charge in [-0.15, -0.1) is 0 Å². The summed E-state index contributed by atoms with van der Waals surface area (Å²) in [6, 6.07) is 6.89. The van der Waals surface area contributed by atoms with Gasteiger partial charge in [-0.1, -0.05) is 19.1 Å². The highest BCUT2D eigenvalue weighted by Crippen LogP contribution is 2.28. The predicted octanol–water partition coefficient (Wildman–Crippen LogP) is 2.32. The standard InChI is InChI=1S/C14H22FN3/c1-9-12(10-5-7-11(15)8-6-10)17-18-13(9)16-14(2,3)4/h5-9,12-13,16-18H,1-4H3. The van der Waals surface area contributed by atoms with Gasteiger partial charge in [-0.3, -0.25) is 5.32 Å². The molecule has 1 aromatic carbocycles. The molecular weight excluding hydrogens is 229 g/mol. The third-order valence-corrected chi connectivity index (χ3v) is 3.26. The molecule has 3 atom stereocenters. The van der Waals surface area contributed by atoms with Gasteiger partial charge in [0.15, 0.2) is 0 Å². The summed E-state index contributed by atoms with van der Waals surface area (Å²) in [5.74, 6) is 0.191. The summed E-state index contributed by atoms with van der Waals surface area (Å²) in [6.45, 7) is 8.62. The van der Waals surface area contributed by atoms with Crippen LogP contribution < -0.4 is 16.2 Å². The van der Waals surface area contributed by atoms with E-state index < -0.39 is 0 Å². The van der Waals surface area contributed by atoms with Crippen LogP contribution >= 0.6 is 0 Å². The third-order valence-electron chi connectivity index (χ3n) is 3.26. The average Bonchev–Trinajstić information content (AvgIpc) is 2.60. The zero-order valence-electron chi connectivity index (χ0n) is 11.4. The summed E-state index contributed by atoms with van der Waals surface area (Å²) in [5.41, 5.74) is 7.72. The van der Waals surface area contributed by atoms with Crippen molar-refractivity contribution in [2.24, 2.45) is 5.92 Å². The molecule has 1 saturated heterocycles. The summed E-state index contributed by atoms with van der Waals surface area (Å²) in [5, 5.41) is 3.53. The number of hydrogen-bond acceptors (Lipinski definition) is 3. The van der Waals surface area contributed by atoms with E-state index in [1.165, 1.54) is 12.1 Å². The topological polar surface area (TPSA) is 36.1 Å². The molecule has 0 bridgehead atoms. The summed E-state index contributed by atoms with van der Waals surface area (Å²) >= 11 is 0. The van der Waals surface area contributed by atoms with Gasteiger partial charge in [0.2, 0.25) is 0 Å². The van der Waals surface area contributed by atoms with Crippen molar-refractivity contribution in [3.05, 3.63) is 35.6 Å². The maximum Gasteiger partial charge on any atom is 0.123 e. The SMILES string of the molecule is CC1C(NC(C)(C)C)NNC1c1ccc(F)cc1. The van der Waals surface area contributed by atoms with E-state index in [-0.39, 0.29) is 23.6 Å². The average molecular weight is 251 g/mol. The summed E-state index contributed by atoms with van der Waals surface area (Å²) in [7, 11) is 0. The van der Waals surface area contributed by atoms with Crippen molar-refractivity contribution >= 4 is 0 Å². The van der Waals surface area contributed by atoms with Crippen molar-refractivity contribution < 1.29 is 4.39 Å². The number of hydrogen-bond donors (Lipinski definition) is 3. The van der Waals surface area contributed by atoms with Crippen LogP contribution in [0, 0.1) is 11.7 Å². The zero-order chi connectivity index (χ0) is 13.3. The molecule has 1 heterocycles. The highest BCUT2D eigenvalue weighted by Gasteiger charge is 2.34. The van der Waals surface area contributed by atoms with E-state index in [2.05, 4.69) is 43.9 Å². The quantitative estimate of drug-likeness (QED) is 0.755. The zero-order valence-corrected chi connectivity index (χ0v) is 11.4. The lowest BCUT2D eigenvalue weighted by Gasteiger charge is -2.28. The highest BCUT2D eigenvalue weighted by molar-refractivity contribution is 5.22. The van der Waals surface area contributed by atoms with Crippen molar-refractivity contribution in [2.75, 3.05) is 0 Å². The maximum absolute atomic E-state index is 12.9. The molecule has 1 aromatic rings. The third kappa shape index (κ3) is 3.07. The van der Waals surface area contributed by atoms with Gasteiger partial charge in [-0.2, -0.15) is 0 Å². The maximum atomic E-state index is 12.9. The van der Waals surface area contributed by atoms with Crippen LogP contribution in [0.25, 0.3) is 0 Å². The molecule has 0 aromatic heterocycles. The molecule has 2 rings (SSSR count). The molecule has 18 heavy (non-hydrogen) atoms. The fourth-order valence-electron chi connectivity index (χ4n) is 2.33. The lowest BCUT2D eigenvalue weighted by atomic mass is 9.93. The molecule has 3 N–H and O–H groups in total. The van der Waals surface area contributed by atoms with Crippen LogP contribution in [0.15, 0.2) is 24.3 Å². The van der Waals surface area contributed by atoms with Gasteiger partial charge in [-0.05, 0) is 38.5 Å². The monoisotopic (exact) mass is 251 g/mol. The molecule has 0 amide bonds. The molecule has 3 nitrogen and oxygen atoms in total. The van der Waals surface area contributed by atoms with Crippen molar-refractivity contribution in [2.45, 2.75) is 45.4 Å². The first-order valence-corrected chi connectivity index (χ1v) is 6.41. The van der Waals surface area contributed by atoms with Crippen LogP contribution in [0.2, 0.25) is 0 Å². The molecule has 1 fully saturated rings. The lowest BCUT2D eigenvalue weighted by molar-refractivity contribution is 0.292. The number of hydrazine groups is 1. The molecule has 100 valence electrons. The van der Waals surface area contributed by atoms with E-state index in [0.29, 0.717) is 5.92 Å². The van der Waals surface area contributed by atoms with Crippen molar-refractivity contribution in [3.63, 3.8) is 0 Å². The molecule has 3 unspecified atom stereocenters. The summed E-state index contributed by atoms with van der Waals surface area (Å²) in [6.07, 6.45) is 0.208. The fourth-order valence-corrected chi connectivity index (χ4v) is 2.33. The molecular formula is C14H22FN3. The van der Waals surface area contributed by atoms with E-state index in [9.17, 15) is 4.39 Å². The molecule has 4 heteroatoms. The second-order valence-corrected chi connectivity index (χ2v) is 6.05. The number of halogens is 1. The minimum atomic E-state index is -0.193. The molecule has 1 aliphatic heterocycles. The largest absolute Gasteiger partial charge is 0.296 e. The Morgan fingerprint density at radius 1 is 1.11 bits per heavy atom. The second kappa shape index (κ2) is 4.96. The Morgan fingerprint density at radius 3 is 2.28 bits per heavy atom. The summed E-state index contributed by atoms with van der Waals surface area (Å²) < 4.78 is 12.9. The normalized spacial score (nSPS) is 28.6. The van der Waals surface area contributed by atoms with E-state index in [0.717, 1.165) is 5.56 Å². The Morgan fingerprint density at radius 2 is 1.72 bits per heavy atom. The van der Waals surface area contributed by atoms with E-state index in [1.807, 2.05) is 12.1 Å². The summed E-state index contributed by atoms with van der Waals surface area (Å²) in [4.78, 5) is 0. The Balaban J connectivity index is 2.07. The van der Waals surface area contributed by atoms with Gasteiger partial charge in [0.25, 0.3) is 0 Å². The lowest BCUT2D eigenvalue weighted by Crippen LogP contribution is -2.51. The Kier molecular flexibility index (Phi) is 3.71. The van der Waals surface area contributed by atoms with Gasteiger partial charge < -0.3 is 0 Å².